The van der Waals surface area contributed by atoms with Crippen molar-refractivity contribution in [1.29, 1.82) is 0 Å². The van der Waals surface area contributed by atoms with Gasteiger partial charge in [-0.1, -0.05) is 24.3 Å². The van der Waals surface area contributed by atoms with Crippen LogP contribution in [0.4, 0.5) is 4.39 Å². The molecule has 0 spiro atoms. The standard InChI is InChI=1S/C11H11FO/c12-9-6-4-8(5-7-9)10-2-1-3-11(10)13/h1-2,4-7,10-11,13H,3H2/t10-,11+/m1/s1. The molecule has 0 unspecified atom stereocenters. The van der Waals surface area contributed by atoms with Gasteiger partial charge in [0.1, 0.15) is 5.82 Å². The highest BCUT2D eigenvalue weighted by molar-refractivity contribution is 5.28. The first-order valence-electron chi connectivity index (χ1n) is 4.37. The van der Waals surface area contributed by atoms with Crippen molar-refractivity contribution in [1.82, 2.24) is 0 Å². The van der Waals surface area contributed by atoms with Crippen molar-refractivity contribution in [3.05, 3.63) is 47.8 Å². The molecule has 1 nitrogen and oxygen atoms in total. The Morgan fingerprint density at radius 3 is 2.46 bits per heavy atom. The summed E-state index contributed by atoms with van der Waals surface area (Å²) in [6.45, 7) is 0. The maximum Gasteiger partial charge on any atom is 0.123 e. The zero-order chi connectivity index (χ0) is 9.26. The van der Waals surface area contributed by atoms with Gasteiger partial charge < -0.3 is 5.11 Å². The van der Waals surface area contributed by atoms with Crippen molar-refractivity contribution in [2.75, 3.05) is 0 Å². The molecule has 0 saturated carbocycles. The Labute approximate surface area is 76.5 Å². The van der Waals surface area contributed by atoms with Gasteiger partial charge in [-0.25, -0.2) is 4.39 Å². The molecule has 68 valence electrons. The highest BCUT2D eigenvalue weighted by atomic mass is 19.1. The van der Waals surface area contributed by atoms with E-state index in [1.54, 1.807) is 12.1 Å². The van der Waals surface area contributed by atoms with Crippen LogP contribution in [-0.4, -0.2) is 11.2 Å². The summed E-state index contributed by atoms with van der Waals surface area (Å²) in [4.78, 5) is 0. The second kappa shape index (κ2) is 3.30. The molecule has 0 aliphatic heterocycles. The van der Waals surface area contributed by atoms with E-state index >= 15 is 0 Å². The molecule has 1 aromatic rings. The summed E-state index contributed by atoms with van der Waals surface area (Å²) in [5.74, 6) is -0.194. The van der Waals surface area contributed by atoms with Crippen LogP contribution in [0.5, 0.6) is 0 Å². The van der Waals surface area contributed by atoms with Crippen molar-refractivity contribution in [3.8, 4) is 0 Å². The normalized spacial score (nSPS) is 26.6. The van der Waals surface area contributed by atoms with Gasteiger partial charge in [-0.2, -0.15) is 0 Å². The first-order valence-corrected chi connectivity index (χ1v) is 4.37. The molecule has 1 aromatic carbocycles. The Morgan fingerprint density at radius 1 is 1.23 bits per heavy atom. The lowest BCUT2D eigenvalue weighted by Gasteiger charge is -2.13. The van der Waals surface area contributed by atoms with E-state index in [1.165, 1.54) is 12.1 Å². The van der Waals surface area contributed by atoms with E-state index in [2.05, 4.69) is 0 Å². The molecule has 0 aromatic heterocycles. The van der Waals surface area contributed by atoms with Gasteiger partial charge in [0, 0.05) is 5.92 Å². The third-order valence-corrected chi connectivity index (χ3v) is 2.39. The van der Waals surface area contributed by atoms with Gasteiger partial charge in [0.2, 0.25) is 0 Å². The lowest BCUT2D eigenvalue weighted by Crippen LogP contribution is -2.11. The summed E-state index contributed by atoms with van der Waals surface area (Å²) in [6.07, 6.45) is 4.28. The van der Waals surface area contributed by atoms with Crippen molar-refractivity contribution in [2.45, 2.75) is 18.4 Å². The van der Waals surface area contributed by atoms with Crippen LogP contribution < -0.4 is 0 Å². The van der Waals surface area contributed by atoms with Crippen molar-refractivity contribution < 1.29 is 9.50 Å². The third kappa shape index (κ3) is 1.63. The van der Waals surface area contributed by atoms with Gasteiger partial charge in [0.25, 0.3) is 0 Å². The fraction of sp³-hybridized carbons (Fsp3) is 0.273. The lowest BCUT2D eigenvalue weighted by molar-refractivity contribution is 0.171. The molecule has 2 rings (SSSR count). The fourth-order valence-corrected chi connectivity index (χ4v) is 1.66. The van der Waals surface area contributed by atoms with Crippen LogP contribution in [0.2, 0.25) is 0 Å². The lowest BCUT2D eigenvalue weighted by atomic mass is 9.97. The van der Waals surface area contributed by atoms with Crippen LogP contribution in [-0.2, 0) is 0 Å². The zero-order valence-corrected chi connectivity index (χ0v) is 7.15. The molecule has 0 amide bonds. The molecule has 1 aliphatic carbocycles. The zero-order valence-electron chi connectivity index (χ0n) is 7.15. The first kappa shape index (κ1) is 8.45. The van der Waals surface area contributed by atoms with Gasteiger partial charge in [-0.3, -0.25) is 0 Å². The second-order valence-electron chi connectivity index (χ2n) is 3.31. The average Bonchev–Trinajstić information content (AvgIpc) is 2.53. The molecule has 2 heteroatoms. The van der Waals surface area contributed by atoms with Crippen molar-refractivity contribution >= 4 is 0 Å². The maximum atomic E-state index is 12.6. The van der Waals surface area contributed by atoms with Gasteiger partial charge in [-0.15, -0.1) is 0 Å². The minimum absolute atomic E-state index is 0.0422. The molecule has 0 bridgehead atoms. The van der Waals surface area contributed by atoms with E-state index in [0.717, 1.165) is 5.56 Å². The summed E-state index contributed by atoms with van der Waals surface area (Å²) >= 11 is 0. The molecular weight excluding hydrogens is 167 g/mol. The number of halogens is 1. The summed E-state index contributed by atoms with van der Waals surface area (Å²) < 4.78 is 12.6. The van der Waals surface area contributed by atoms with Crippen LogP contribution in [0.3, 0.4) is 0 Å². The Kier molecular flexibility index (Phi) is 2.15. The van der Waals surface area contributed by atoms with Crippen LogP contribution in [0.25, 0.3) is 0 Å². The topological polar surface area (TPSA) is 20.2 Å². The molecule has 1 aliphatic rings. The predicted octanol–water partition coefficient (Wildman–Crippen LogP) is 2.23. The summed E-state index contributed by atoms with van der Waals surface area (Å²) in [7, 11) is 0. The predicted molar refractivity (Wildman–Crippen MR) is 48.9 cm³/mol. The average molecular weight is 178 g/mol. The van der Waals surface area contributed by atoms with E-state index in [-0.39, 0.29) is 17.8 Å². The third-order valence-electron chi connectivity index (χ3n) is 2.39. The second-order valence-corrected chi connectivity index (χ2v) is 3.31. The molecule has 13 heavy (non-hydrogen) atoms. The number of hydrogen-bond donors (Lipinski definition) is 1. The molecule has 0 saturated heterocycles. The highest BCUT2D eigenvalue weighted by Crippen LogP contribution is 2.28. The maximum absolute atomic E-state index is 12.6. The van der Waals surface area contributed by atoms with Gasteiger partial charge in [-0.05, 0) is 24.1 Å². The van der Waals surface area contributed by atoms with Crippen molar-refractivity contribution in [2.24, 2.45) is 0 Å². The molecule has 1 N–H and O–H groups in total. The van der Waals surface area contributed by atoms with Crippen LogP contribution >= 0.6 is 0 Å². The SMILES string of the molecule is O[C@H]1CC=C[C@@H]1c1ccc(F)cc1. The Bertz CT molecular complexity index is 315. The number of rotatable bonds is 1. The Morgan fingerprint density at radius 2 is 1.92 bits per heavy atom. The fourth-order valence-electron chi connectivity index (χ4n) is 1.66. The summed E-state index contributed by atoms with van der Waals surface area (Å²) in [6, 6.07) is 6.29. The molecule has 2 atom stereocenters. The molecule has 0 heterocycles. The monoisotopic (exact) mass is 178 g/mol. The summed E-state index contributed by atoms with van der Waals surface area (Å²) in [5.41, 5.74) is 0.975. The minimum atomic E-state index is -0.342. The van der Waals surface area contributed by atoms with Gasteiger partial charge in [0.15, 0.2) is 0 Å². The van der Waals surface area contributed by atoms with Crippen LogP contribution in [0, 0.1) is 5.82 Å². The molecular formula is C11H11FO. The highest BCUT2D eigenvalue weighted by Gasteiger charge is 2.21. The van der Waals surface area contributed by atoms with E-state index in [9.17, 15) is 9.50 Å². The Balaban J connectivity index is 2.25. The first-order chi connectivity index (χ1) is 6.27. The van der Waals surface area contributed by atoms with E-state index < -0.39 is 0 Å². The quantitative estimate of drug-likeness (QED) is 0.654. The summed E-state index contributed by atoms with van der Waals surface area (Å²) in [5, 5.41) is 9.56. The minimum Gasteiger partial charge on any atom is -0.392 e. The molecule has 0 fully saturated rings. The van der Waals surface area contributed by atoms with Crippen molar-refractivity contribution in [3.63, 3.8) is 0 Å². The van der Waals surface area contributed by atoms with Crippen LogP contribution in [0.1, 0.15) is 17.9 Å². The number of benzene rings is 1. The largest absolute Gasteiger partial charge is 0.392 e. The van der Waals surface area contributed by atoms with Gasteiger partial charge in [0.05, 0.1) is 6.10 Å². The Hall–Kier alpha value is -1.15. The van der Waals surface area contributed by atoms with E-state index in [1.807, 2.05) is 12.2 Å². The molecule has 0 radical (unpaired) electrons. The van der Waals surface area contributed by atoms with E-state index in [4.69, 9.17) is 0 Å². The smallest absolute Gasteiger partial charge is 0.123 e. The number of aliphatic hydroxyl groups is 1. The number of hydrogen-bond acceptors (Lipinski definition) is 1. The number of aliphatic hydroxyl groups excluding tert-OH is 1. The van der Waals surface area contributed by atoms with E-state index in [0.29, 0.717) is 6.42 Å². The van der Waals surface area contributed by atoms with Gasteiger partial charge >= 0.3 is 0 Å². The van der Waals surface area contributed by atoms with Crippen LogP contribution in [0.15, 0.2) is 36.4 Å².